The highest BCUT2D eigenvalue weighted by Gasteiger charge is 2.32. The minimum Gasteiger partial charge on any atom is -0.493 e. The predicted molar refractivity (Wildman–Crippen MR) is 97.0 cm³/mol. The molecule has 1 N–H and O–H groups in total. The highest BCUT2D eigenvalue weighted by atomic mass is 16.5. The summed E-state index contributed by atoms with van der Waals surface area (Å²) in [7, 11) is 0. The number of anilines is 1. The van der Waals surface area contributed by atoms with Crippen molar-refractivity contribution in [2.75, 3.05) is 18.1 Å². The summed E-state index contributed by atoms with van der Waals surface area (Å²) in [6.45, 7) is 4.86. The molecule has 1 aliphatic heterocycles. The quantitative estimate of drug-likeness (QED) is 0.912. The van der Waals surface area contributed by atoms with E-state index in [2.05, 4.69) is 5.32 Å². The van der Waals surface area contributed by atoms with Crippen LogP contribution in [0, 0.1) is 6.92 Å². The largest absolute Gasteiger partial charge is 0.493 e. The fraction of sp³-hybridized carbons (Fsp3) is 0.300. The zero-order chi connectivity index (χ0) is 17.8. The summed E-state index contributed by atoms with van der Waals surface area (Å²) in [5.74, 6) is 0.363. The molecule has 1 atom stereocenters. The SMILES string of the molecule is CCOc1ccccc1C(=O)NC1CC(=O)N(c2ccc(C)cc2)C1. The highest BCUT2D eigenvalue weighted by Crippen LogP contribution is 2.23. The van der Waals surface area contributed by atoms with E-state index in [1.165, 1.54) is 0 Å². The fourth-order valence-corrected chi connectivity index (χ4v) is 2.98. The number of para-hydroxylation sites is 1. The third kappa shape index (κ3) is 3.82. The van der Waals surface area contributed by atoms with Crippen molar-refractivity contribution in [1.29, 1.82) is 0 Å². The van der Waals surface area contributed by atoms with E-state index in [0.717, 1.165) is 11.3 Å². The molecule has 2 aromatic carbocycles. The Labute approximate surface area is 147 Å². The van der Waals surface area contributed by atoms with Crippen molar-refractivity contribution in [1.82, 2.24) is 5.32 Å². The van der Waals surface area contributed by atoms with Gasteiger partial charge in [-0.3, -0.25) is 9.59 Å². The molecule has 5 nitrogen and oxygen atoms in total. The molecule has 0 aliphatic carbocycles. The average molecular weight is 338 g/mol. The van der Waals surface area contributed by atoms with Gasteiger partial charge in [-0.1, -0.05) is 29.8 Å². The number of aryl methyl sites for hydroxylation is 1. The van der Waals surface area contributed by atoms with Gasteiger partial charge in [0, 0.05) is 18.7 Å². The Bertz CT molecular complexity index is 771. The average Bonchev–Trinajstić information content (AvgIpc) is 2.96. The first-order valence-electron chi connectivity index (χ1n) is 8.48. The van der Waals surface area contributed by atoms with Crippen LogP contribution in [0.2, 0.25) is 0 Å². The molecular weight excluding hydrogens is 316 g/mol. The van der Waals surface area contributed by atoms with Gasteiger partial charge in [-0.05, 0) is 38.1 Å². The highest BCUT2D eigenvalue weighted by molar-refractivity contribution is 6.00. The number of amides is 2. The molecule has 2 aromatic rings. The van der Waals surface area contributed by atoms with Crippen LogP contribution in [0.4, 0.5) is 5.69 Å². The summed E-state index contributed by atoms with van der Waals surface area (Å²) in [6.07, 6.45) is 0.302. The van der Waals surface area contributed by atoms with Gasteiger partial charge in [0.15, 0.2) is 0 Å². The number of ether oxygens (including phenoxy) is 1. The molecule has 1 fully saturated rings. The predicted octanol–water partition coefficient (Wildman–Crippen LogP) is 2.93. The summed E-state index contributed by atoms with van der Waals surface area (Å²) in [4.78, 5) is 26.6. The van der Waals surface area contributed by atoms with Crippen LogP contribution in [-0.2, 0) is 4.79 Å². The van der Waals surface area contributed by atoms with E-state index in [4.69, 9.17) is 4.74 Å². The van der Waals surface area contributed by atoms with Crippen molar-refractivity contribution in [2.24, 2.45) is 0 Å². The lowest BCUT2D eigenvalue weighted by Crippen LogP contribution is -2.37. The maximum Gasteiger partial charge on any atom is 0.255 e. The van der Waals surface area contributed by atoms with Gasteiger partial charge >= 0.3 is 0 Å². The molecule has 5 heteroatoms. The van der Waals surface area contributed by atoms with Crippen molar-refractivity contribution in [2.45, 2.75) is 26.3 Å². The number of nitrogens with one attached hydrogen (secondary N) is 1. The van der Waals surface area contributed by atoms with Crippen LogP contribution in [0.3, 0.4) is 0 Å². The van der Waals surface area contributed by atoms with Gasteiger partial charge in [0.25, 0.3) is 5.91 Å². The molecule has 1 saturated heterocycles. The lowest BCUT2D eigenvalue weighted by atomic mass is 10.1. The van der Waals surface area contributed by atoms with Gasteiger partial charge < -0.3 is 15.0 Å². The van der Waals surface area contributed by atoms with Gasteiger partial charge in [-0.2, -0.15) is 0 Å². The van der Waals surface area contributed by atoms with E-state index in [0.29, 0.717) is 30.9 Å². The molecule has 2 amide bonds. The molecule has 3 rings (SSSR count). The topological polar surface area (TPSA) is 58.6 Å². The Morgan fingerprint density at radius 1 is 1.20 bits per heavy atom. The number of carbonyl (C=O) groups excluding carboxylic acids is 2. The molecule has 1 unspecified atom stereocenters. The Kier molecular flexibility index (Phi) is 5.03. The monoisotopic (exact) mass is 338 g/mol. The number of rotatable bonds is 5. The van der Waals surface area contributed by atoms with Crippen molar-refractivity contribution in [3.05, 3.63) is 59.7 Å². The van der Waals surface area contributed by atoms with Crippen molar-refractivity contribution < 1.29 is 14.3 Å². The first-order valence-corrected chi connectivity index (χ1v) is 8.48. The summed E-state index contributed by atoms with van der Waals surface area (Å²) < 4.78 is 5.51. The molecule has 1 aliphatic rings. The Balaban J connectivity index is 1.69. The van der Waals surface area contributed by atoms with Crippen LogP contribution in [0.5, 0.6) is 5.75 Å². The van der Waals surface area contributed by atoms with E-state index < -0.39 is 0 Å². The lowest BCUT2D eigenvalue weighted by Gasteiger charge is -2.18. The summed E-state index contributed by atoms with van der Waals surface area (Å²) in [6, 6.07) is 14.8. The zero-order valence-corrected chi connectivity index (χ0v) is 14.5. The fourth-order valence-electron chi connectivity index (χ4n) is 2.98. The number of hydrogen-bond acceptors (Lipinski definition) is 3. The standard InChI is InChI=1S/C20H22N2O3/c1-3-25-18-7-5-4-6-17(18)20(24)21-15-12-19(23)22(13-15)16-10-8-14(2)9-11-16/h4-11,15H,3,12-13H2,1-2H3,(H,21,24). The van der Waals surface area contributed by atoms with Gasteiger partial charge in [-0.15, -0.1) is 0 Å². The Morgan fingerprint density at radius 3 is 2.64 bits per heavy atom. The third-order valence-corrected chi connectivity index (χ3v) is 4.24. The van der Waals surface area contributed by atoms with Crippen molar-refractivity contribution in [3.63, 3.8) is 0 Å². The Morgan fingerprint density at radius 2 is 1.92 bits per heavy atom. The van der Waals surface area contributed by atoms with Crippen LogP contribution in [-0.4, -0.2) is 31.0 Å². The maximum absolute atomic E-state index is 12.6. The van der Waals surface area contributed by atoms with E-state index in [9.17, 15) is 9.59 Å². The smallest absolute Gasteiger partial charge is 0.255 e. The molecule has 0 bridgehead atoms. The van der Waals surface area contributed by atoms with Gasteiger partial charge in [0.1, 0.15) is 5.75 Å². The van der Waals surface area contributed by atoms with Crippen molar-refractivity contribution >= 4 is 17.5 Å². The molecule has 130 valence electrons. The maximum atomic E-state index is 12.6. The number of benzene rings is 2. The third-order valence-electron chi connectivity index (χ3n) is 4.24. The zero-order valence-electron chi connectivity index (χ0n) is 14.5. The number of nitrogens with zero attached hydrogens (tertiary/aromatic N) is 1. The molecule has 0 aromatic heterocycles. The van der Waals surface area contributed by atoms with Crippen LogP contribution < -0.4 is 15.0 Å². The van der Waals surface area contributed by atoms with E-state index in [-0.39, 0.29) is 17.9 Å². The van der Waals surface area contributed by atoms with Gasteiger partial charge in [-0.25, -0.2) is 0 Å². The molecule has 1 heterocycles. The molecule has 25 heavy (non-hydrogen) atoms. The van der Waals surface area contributed by atoms with Crippen molar-refractivity contribution in [3.8, 4) is 5.75 Å². The van der Waals surface area contributed by atoms with Crippen LogP contribution in [0.25, 0.3) is 0 Å². The van der Waals surface area contributed by atoms with E-state index in [1.807, 2.05) is 44.2 Å². The minimum absolute atomic E-state index is 0.0206. The normalized spacial score (nSPS) is 16.8. The Hall–Kier alpha value is -2.82. The first-order chi connectivity index (χ1) is 12.1. The van der Waals surface area contributed by atoms with Gasteiger partial charge in [0.2, 0.25) is 5.91 Å². The van der Waals surface area contributed by atoms with E-state index in [1.54, 1.807) is 23.1 Å². The summed E-state index contributed by atoms with van der Waals surface area (Å²) in [5.41, 5.74) is 2.50. The van der Waals surface area contributed by atoms with Crippen LogP contribution in [0.1, 0.15) is 29.3 Å². The second-order valence-electron chi connectivity index (χ2n) is 6.14. The number of hydrogen-bond donors (Lipinski definition) is 1. The number of carbonyl (C=O) groups is 2. The summed E-state index contributed by atoms with van der Waals surface area (Å²) >= 11 is 0. The summed E-state index contributed by atoms with van der Waals surface area (Å²) in [5, 5.41) is 2.95. The molecular formula is C20H22N2O3. The molecule has 0 radical (unpaired) electrons. The second-order valence-corrected chi connectivity index (χ2v) is 6.14. The molecule has 0 spiro atoms. The molecule has 0 saturated carbocycles. The van der Waals surface area contributed by atoms with Gasteiger partial charge in [0.05, 0.1) is 18.2 Å². The van der Waals surface area contributed by atoms with E-state index >= 15 is 0 Å². The lowest BCUT2D eigenvalue weighted by molar-refractivity contribution is -0.117. The minimum atomic E-state index is -0.215. The second kappa shape index (κ2) is 7.38. The van der Waals surface area contributed by atoms with Crippen LogP contribution in [0.15, 0.2) is 48.5 Å². The van der Waals surface area contributed by atoms with Crippen LogP contribution >= 0.6 is 0 Å². The first kappa shape index (κ1) is 17.0.